The molecule has 0 bridgehead atoms. The molecule has 45 heavy (non-hydrogen) atoms. The maximum absolute atomic E-state index is 12.3. The molecule has 0 saturated carbocycles. The highest BCUT2D eigenvalue weighted by molar-refractivity contribution is 5.97. The van der Waals surface area contributed by atoms with Gasteiger partial charge in [-0.05, 0) is 25.1 Å². The van der Waals surface area contributed by atoms with E-state index in [1.165, 1.54) is 12.1 Å². The van der Waals surface area contributed by atoms with Gasteiger partial charge >= 0.3 is 17.7 Å². The van der Waals surface area contributed by atoms with Crippen LogP contribution in [-0.2, 0) is 14.3 Å². The van der Waals surface area contributed by atoms with Gasteiger partial charge in [-0.25, -0.2) is 4.79 Å². The van der Waals surface area contributed by atoms with Gasteiger partial charge in [0.15, 0.2) is 18.1 Å². The molecule has 0 heterocycles. The number of carbonyl (C=O) groups is 3. The summed E-state index contributed by atoms with van der Waals surface area (Å²) in [7, 11) is 1.13. The van der Waals surface area contributed by atoms with Crippen molar-refractivity contribution < 1.29 is 33.7 Å². The Labute approximate surface area is 257 Å². The van der Waals surface area contributed by atoms with Crippen LogP contribution in [0.25, 0.3) is 0 Å². The molecule has 0 aliphatic rings. The number of nitriles is 1. The second-order valence-electron chi connectivity index (χ2n) is 8.78. The molecular formula is C29H29N7O9. The van der Waals surface area contributed by atoms with Crippen molar-refractivity contribution in [1.82, 2.24) is 0 Å². The van der Waals surface area contributed by atoms with Gasteiger partial charge in [0.1, 0.15) is 11.8 Å². The minimum absolute atomic E-state index is 0. The number of methoxy groups -OCH3 is 1. The van der Waals surface area contributed by atoms with Crippen molar-refractivity contribution in [3.8, 4) is 6.07 Å². The summed E-state index contributed by atoms with van der Waals surface area (Å²) in [5.74, 6) is -0.931. The maximum atomic E-state index is 12.3. The second-order valence-corrected chi connectivity index (χ2v) is 8.78. The van der Waals surface area contributed by atoms with E-state index in [0.29, 0.717) is 23.9 Å². The summed E-state index contributed by atoms with van der Waals surface area (Å²) < 4.78 is 9.77. The van der Waals surface area contributed by atoms with Crippen LogP contribution in [0.2, 0.25) is 0 Å². The number of hydrogen-bond acceptors (Lipinski definition) is 13. The highest BCUT2D eigenvalue weighted by Crippen LogP contribution is 2.38. The number of azo groups is 1. The van der Waals surface area contributed by atoms with Crippen molar-refractivity contribution in [1.29, 1.82) is 5.26 Å². The molecule has 3 aromatic rings. The van der Waals surface area contributed by atoms with E-state index in [-0.39, 0.29) is 37.6 Å². The molecule has 0 spiro atoms. The summed E-state index contributed by atoms with van der Waals surface area (Å²) >= 11 is 0. The molecule has 16 heteroatoms. The van der Waals surface area contributed by atoms with Crippen LogP contribution in [0.15, 0.2) is 70.9 Å². The molecule has 1 N–H and O–H groups in total. The summed E-state index contributed by atoms with van der Waals surface area (Å²) in [6.07, 6.45) is -0.926. The van der Waals surface area contributed by atoms with E-state index in [4.69, 9.17) is 4.74 Å². The van der Waals surface area contributed by atoms with Crippen molar-refractivity contribution in [2.24, 2.45) is 10.2 Å². The summed E-state index contributed by atoms with van der Waals surface area (Å²) in [6.45, 7) is 2.04. The van der Waals surface area contributed by atoms with E-state index in [0.717, 1.165) is 13.2 Å². The molecule has 0 aliphatic heterocycles. The SMILES string of the molecule is C.CCN(CCC(=O)OCC(=O)c1ccccc1)c1ccc(N=Nc2c(C#N)cc([N+](=O)[O-])cc2[N+](=O)[O-])c(NC(=O)OC)c1. The topological polar surface area (TPSA) is 220 Å². The first kappa shape index (κ1) is 35.0. The van der Waals surface area contributed by atoms with Crippen LogP contribution < -0.4 is 10.2 Å². The number of ketones is 1. The lowest BCUT2D eigenvalue weighted by Gasteiger charge is -2.23. The number of non-ortho nitro benzene ring substituents is 1. The van der Waals surface area contributed by atoms with E-state index in [1.54, 1.807) is 47.4 Å². The minimum Gasteiger partial charge on any atom is -0.457 e. The number of nitro groups is 2. The summed E-state index contributed by atoms with van der Waals surface area (Å²) in [5.41, 5.74) is -1.43. The molecular weight excluding hydrogens is 590 g/mol. The highest BCUT2D eigenvalue weighted by atomic mass is 16.6. The van der Waals surface area contributed by atoms with E-state index in [1.807, 2.05) is 6.92 Å². The number of Topliss-reactive ketones (excluding diaryl/α,β-unsaturated/α-hetero) is 1. The summed E-state index contributed by atoms with van der Waals surface area (Å²) in [5, 5.41) is 42.4. The van der Waals surface area contributed by atoms with Crippen LogP contribution in [0.5, 0.6) is 0 Å². The number of rotatable bonds is 13. The monoisotopic (exact) mass is 619 g/mol. The first-order valence-electron chi connectivity index (χ1n) is 12.8. The third kappa shape index (κ3) is 9.38. The second kappa shape index (κ2) is 16.4. The Hall–Kier alpha value is -6.24. The van der Waals surface area contributed by atoms with Crippen LogP contribution in [0.1, 0.15) is 36.7 Å². The Morgan fingerprint density at radius 2 is 1.73 bits per heavy atom. The smallest absolute Gasteiger partial charge is 0.411 e. The zero-order valence-electron chi connectivity index (χ0n) is 23.5. The fourth-order valence-electron chi connectivity index (χ4n) is 3.83. The summed E-state index contributed by atoms with van der Waals surface area (Å²) in [4.78, 5) is 59.3. The van der Waals surface area contributed by atoms with Crippen LogP contribution in [0.4, 0.5) is 38.9 Å². The molecule has 0 aromatic heterocycles. The maximum Gasteiger partial charge on any atom is 0.411 e. The normalized spacial score (nSPS) is 10.2. The first-order valence-corrected chi connectivity index (χ1v) is 12.8. The Kier molecular flexibility index (Phi) is 12.7. The molecule has 3 aromatic carbocycles. The number of benzene rings is 3. The number of amides is 1. The third-order valence-electron chi connectivity index (χ3n) is 6.06. The molecule has 0 fully saturated rings. The number of nitro benzene ring substituents is 2. The molecule has 0 saturated heterocycles. The number of nitrogens with one attached hydrogen (secondary N) is 1. The first-order chi connectivity index (χ1) is 21.1. The van der Waals surface area contributed by atoms with Crippen LogP contribution >= 0.6 is 0 Å². The Balaban J connectivity index is 0.00000705. The van der Waals surface area contributed by atoms with Crippen molar-refractivity contribution >= 4 is 52.0 Å². The number of anilines is 2. The van der Waals surface area contributed by atoms with Crippen molar-refractivity contribution in [3.05, 3.63) is 92.0 Å². The van der Waals surface area contributed by atoms with Gasteiger partial charge in [0.25, 0.3) is 5.69 Å². The lowest BCUT2D eigenvalue weighted by Crippen LogP contribution is -2.27. The van der Waals surface area contributed by atoms with Crippen LogP contribution in [0, 0.1) is 31.6 Å². The lowest BCUT2D eigenvalue weighted by atomic mass is 10.1. The van der Waals surface area contributed by atoms with Gasteiger partial charge in [-0.1, -0.05) is 37.8 Å². The average Bonchev–Trinajstić information content (AvgIpc) is 3.03. The van der Waals surface area contributed by atoms with Gasteiger partial charge < -0.3 is 14.4 Å². The van der Waals surface area contributed by atoms with Gasteiger partial charge in [0.2, 0.25) is 0 Å². The Bertz CT molecular complexity index is 1650. The molecule has 0 atom stereocenters. The number of carbonyl (C=O) groups excluding carboxylic acids is 3. The molecule has 1 amide bonds. The number of ether oxygens (including phenoxy) is 2. The zero-order chi connectivity index (χ0) is 32.2. The fraction of sp³-hybridized carbons (Fsp3) is 0.241. The van der Waals surface area contributed by atoms with E-state index in [2.05, 4.69) is 20.3 Å². The van der Waals surface area contributed by atoms with Crippen molar-refractivity contribution in [3.63, 3.8) is 0 Å². The van der Waals surface area contributed by atoms with Gasteiger partial charge in [-0.2, -0.15) is 5.26 Å². The van der Waals surface area contributed by atoms with Gasteiger partial charge in [0, 0.05) is 30.4 Å². The minimum atomic E-state index is -0.930. The highest BCUT2D eigenvalue weighted by Gasteiger charge is 2.25. The number of hydrogen-bond donors (Lipinski definition) is 1. The zero-order valence-corrected chi connectivity index (χ0v) is 23.5. The predicted octanol–water partition coefficient (Wildman–Crippen LogP) is 6.25. The van der Waals surface area contributed by atoms with Crippen molar-refractivity contribution in [2.45, 2.75) is 20.8 Å². The molecule has 0 unspecified atom stereocenters. The average molecular weight is 620 g/mol. The fourth-order valence-corrected chi connectivity index (χ4v) is 3.83. The van der Waals surface area contributed by atoms with E-state index < -0.39 is 51.1 Å². The molecule has 3 rings (SSSR count). The van der Waals surface area contributed by atoms with Gasteiger partial charge in [-0.3, -0.25) is 35.1 Å². The molecule has 234 valence electrons. The standard InChI is InChI=1S/C28H25N7O9.CH4/c1-3-33(12-11-26(37)44-17-25(36)18-7-5-4-6-8-18)20-9-10-22(23(14-20)30-28(38)43-2)31-32-27-19(16-29)13-21(34(39)40)15-24(27)35(41)42;/h4-10,13-15H,3,11-12,17H2,1-2H3,(H,30,38);1H4. The number of nitrogens with zero attached hydrogens (tertiary/aromatic N) is 6. The predicted molar refractivity (Wildman–Crippen MR) is 162 cm³/mol. The molecule has 16 nitrogen and oxygen atoms in total. The Morgan fingerprint density at radius 1 is 1.02 bits per heavy atom. The summed E-state index contributed by atoms with van der Waals surface area (Å²) in [6, 6.07) is 16.0. The van der Waals surface area contributed by atoms with E-state index >= 15 is 0 Å². The Morgan fingerprint density at radius 3 is 2.33 bits per heavy atom. The van der Waals surface area contributed by atoms with Gasteiger partial charge in [0.05, 0.1) is 40.7 Å². The van der Waals surface area contributed by atoms with E-state index in [9.17, 15) is 39.9 Å². The van der Waals surface area contributed by atoms with Crippen LogP contribution in [-0.4, -0.2) is 54.5 Å². The third-order valence-corrected chi connectivity index (χ3v) is 6.06. The van der Waals surface area contributed by atoms with Crippen LogP contribution in [0.3, 0.4) is 0 Å². The molecule has 0 radical (unpaired) electrons. The molecule has 0 aliphatic carbocycles. The van der Waals surface area contributed by atoms with Gasteiger partial charge in [-0.15, -0.1) is 10.2 Å². The number of esters is 1. The quantitative estimate of drug-likeness (QED) is 0.0740. The largest absolute Gasteiger partial charge is 0.457 e. The van der Waals surface area contributed by atoms with Crippen molar-refractivity contribution in [2.75, 3.05) is 37.0 Å². The lowest BCUT2D eigenvalue weighted by molar-refractivity contribution is -0.393.